The third-order valence-corrected chi connectivity index (χ3v) is 3.51. The fourth-order valence-corrected chi connectivity index (χ4v) is 2.57. The van der Waals surface area contributed by atoms with E-state index in [1.165, 1.54) is 31.5 Å². The van der Waals surface area contributed by atoms with Crippen molar-refractivity contribution in [2.24, 2.45) is 0 Å². The van der Waals surface area contributed by atoms with Crippen LogP contribution in [0.1, 0.15) is 25.0 Å². The van der Waals surface area contributed by atoms with Crippen LogP contribution in [0.3, 0.4) is 0 Å². The molecule has 1 aliphatic heterocycles. The van der Waals surface area contributed by atoms with E-state index in [9.17, 15) is 0 Å². The van der Waals surface area contributed by atoms with Gasteiger partial charge in [-0.05, 0) is 32.4 Å². The van der Waals surface area contributed by atoms with Crippen LogP contribution < -0.4 is 10.6 Å². The summed E-state index contributed by atoms with van der Waals surface area (Å²) in [5.74, 6) is 0. The minimum absolute atomic E-state index is 0.761. The molecule has 0 aliphatic carbocycles. The highest BCUT2D eigenvalue weighted by Gasteiger charge is 2.12. The molecule has 1 aromatic heterocycles. The maximum Gasteiger partial charge on any atom is 0.0794 e. The van der Waals surface area contributed by atoms with Gasteiger partial charge in [-0.2, -0.15) is 0 Å². The fourth-order valence-electron chi connectivity index (χ4n) is 1.98. The van der Waals surface area contributed by atoms with Gasteiger partial charge in [-0.25, -0.2) is 4.98 Å². The Morgan fingerprint density at radius 3 is 3.27 bits per heavy atom. The number of thiazole rings is 1. The predicted octanol–water partition coefficient (Wildman–Crippen LogP) is 1.42. The monoisotopic (exact) mass is 225 g/mol. The van der Waals surface area contributed by atoms with Crippen LogP contribution in [0, 0.1) is 0 Å². The van der Waals surface area contributed by atoms with Gasteiger partial charge in [0.25, 0.3) is 0 Å². The van der Waals surface area contributed by atoms with Gasteiger partial charge in [0.05, 0.1) is 11.2 Å². The first-order valence-corrected chi connectivity index (χ1v) is 6.70. The molecule has 3 nitrogen and oxygen atoms in total. The zero-order valence-corrected chi connectivity index (χ0v) is 9.85. The molecule has 2 N–H and O–H groups in total. The van der Waals surface area contributed by atoms with Crippen molar-refractivity contribution in [3.8, 4) is 0 Å². The van der Waals surface area contributed by atoms with Crippen molar-refractivity contribution in [2.75, 3.05) is 19.6 Å². The Hall–Kier alpha value is -0.450. The van der Waals surface area contributed by atoms with E-state index in [4.69, 9.17) is 0 Å². The molecule has 0 radical (unpaired) electrons. The van der Waals surface area contributed by atoms with E-state index in [0.29, 0.717) is 0 Å². The lowest BCUT2D eigenvalue weighted by Crippen LogP contribution is -2.28. The molecule has 1 fully saturated rings. The molecule has 84 valence electrons. The summed E-state index contributed by atoms with van der Waals surface area (Å²) in [4.78, 5) is 4.26. The minimum atomic E-state index is 0.761. The minimum Gasteiger partial charge on any atom is -0.316 e. The zero-order chi connectivity index (χ0) is 10.3. The molecule has 2 heterocycles. The molecule has 0 amide bonds. The van der Waals surface area contributed by atoms with Crippen LogP contribution in [0.25, 0.3) is 0 Å². The fraction of sp³-hybridized carbons (Fsp3) is 0.727. The Bertz CT molecular complexity index is 255. The second kappa shape index (κ2) is 6.20. The van der Waals surface area contributed by atoms with Crippen LogP contribution in [-0.4, -0.2) is 30.7 Å². The van der Waals surface area contributed by atoms with Crippen LogP contribution in [-0.2, 0) is 6.42 Å². The van der Waals surface area contributed by atoms with E-state index in [2.05, 4.69) is 21.0 Å². The second-order valence-electron chi connectivity index (χ2n) is 4.06. The quantitative estimate of drug-likeness (QED) is 0.719. The Morgan fingerprint density at radius 2 is 2.53 bits per heavy atom. The molecular formula is C11H19N3S. The summed E-state index contributed by atoms with van der Waals surface area (Å²) < 4.78 is 0. The van der Waals surface area contributed by atoms with Crippen LogP contribution in [0.5, 0.6) is 0 Å². The molecule has 1 unspecified atom stereocenters. The van der Waals surface area contributed by atoms with Crippen LogP contribution >= 0.6 is 11.3 Å². The summed E-state index contributed by atoms with van der Waals surface area (Å²) in [5, 5.41) is 9.11. The van der Waals surface area contributed by atoms with Crippen molar-refractivity contribution in [1.29, 1.82) is 0 Å². The number of rotatable bonds is 6. The summed E-state index contributed by atoms with van der Waals surface area (Å²) in [6, 6.07) is 0.761. The highest BCUT2D eigenvalue weighted by molar-refractivity contribution is 7.07. The van der Waals surface area contributed by atoms with Crippen molar-refractivity contribution in [1.82, 2.24) is 15.6 Å². The van der Waals surface area contributed by atoms with Gasteiger partial charge < -0.3 is 10.6 Å². The molecule has 0 aromatic carbocycles. The second-order valence-corrected chi connectivity index (χ2v) is 4.78. The summed E-state index contributed by atoms with van der Waals surface area (Å²) >= 11 is 1.67. The largest absolute Gasteiger partial charge is 0.316 e. The van der Waals surface area contributed by atoms with E-state index < -0.39 is 0 Å². The Labute approximate surface area is 95.3 Å². The van der Waals surface area contributed by atoms with Gasteiger partial charge in [0.2, 0.25) is 0 Å². The third kappa shape index (κ3) is 3.89. The van der Waals surface area contributed by atoms with E-state index in [1.54, 1.807) is 11.3 Å². The molecule has 0 saturated carbocycles. The number of hydrogen-bond acceptors (Lipinski definition) is 4. The molecule has 1 aromatic rings. The first-order chi connectivity index (χ1) is 7.45. The standard InChI is InChI=1S/C11H19N3S/c1-2-10(13-5-1)3-6-12-7-4-11-8-15-9-14-11/h8-10,12-13H,1-7H2. The lowest BCUT2D eigenvalue weighted by atomic mass is 10.1. The molecule has 4 heteroatoms. The lowest BCUT2D eigenvalue weighted by Gasteiger charge is -2.10. The van der Waals surface area contributed by atoms with E-state index in [1.807, 2.05) is 5.51 Å². The van der Waals surface area contributed by atoms with Gasteiger partial charge in [-0.3, -0.25) is 0 Å². The maximum atomic E-state index is 4.26. The maximum absolute atomic E-state index is 4.26. The van der Waals surface area contributed by atoms with Crippen LogP contribution in [0.15, 0.2) is 10.9 Å². The highest BCUT2D eigenvalue weighted by Crippen LogP contribution is 2.07. The van der Waals surface area contributed by atoms with Gasteiger partial charge >= 0.3 is 0 Å². The smallest absolute Gasteiger partial charge is 0.0794 e. The molecule has 1 aliphatic rings. The predicted molar refractivity (Wildman–Crippen MR) is 64.3 cm³/mol. The van der Waals surface area contributed by atoms with Crippen molar-refractivity contribution < 1.29 is 0 Å². The molecule has 15 heavy (non-hydrogen) atoms. The number of hydrogen-bond donors (Lipinski definition) is 2. The summed E-state index contributed by atoms with van der Waals surface area (Å²) in [6.45, 7) is 3.39. The van der Waals surface area contributed by atoms with Gasteiger partial charge in [-0.1, -0.05) is 0 Å². The van der Waals surface area contributed by atoms with E-state index in [-0.39, 0.29) is 0 Å². The molecule has 1 atom stereocenters. The number of aromatic nitrogens is 1. The summed E-state index contributed by atoms with van der Waals surface area (Å²) in [7, 11) is 0. The molecule has 1 saturated heterocycles. The SMILES string of the molecule is c1nc(CCNCCC2CCCN2)cs1. The Balaban J connectivity index is 1.48. The highest BCUT2D eigenvalue weighted by atomic mass is 32.1. The summed E-state index contributed by atoms with van der Waals surface area (Å²) in [6.07, 6.45) is 5.02. The van der Waals surface area contributed by atoms with Crippen LogP contribution in [0.4, 0.5) is 0 Å². The normalized spacial score (nSPS) is 20.9. The lowest BCUT2D eigenvalue weighted by molar-refractivity contribution is 0.524. The van der Waals surface area contributed by atoms with Gasteiger partial charge in [0.1, 0.15) is 0 Å². The average Bonchev–Trinajstić information content (AvgIpc) is 2.88. The van der Waals surface area contributed by atoms with Gasteiger partial charge in [0, 0.05) is 24.4 Å². The van der Waals surface area contributed by atoms with Crippen molar-refractivity contribution in [2.45, 2.75) is 31.7 Å². The first kappa shape index (κ1) is 11.0. The third-order valence-electron chi connectivity index (χ3n) is 2.87. The van der Waals surface area contributed by atoms with Crippen molar-refractivity contribution in [3.05, 3.63) is 16.6 Å². The average molecular weight is 225 g/mol. The molecule has 0 bridgehead atoms. The van der Waals surface area contributed by atoms with Crippen molar-refractivity contribution >= 4 is 11.3 Å². The van der Waals surface area contributed by atoms with Crippen molar-refractivity contribution in [3.63, 3.8) is 0 Å². The van der Waals surface area contributed by atoms with Gasteiger partial charge in [0.15, 0.2) is 0 Å². The topological polar surface area (TPSA) is 37.0 Å². The zero-order valence-electron chi connectivity index (χ0n) is 9.04. The summed E-state index contributed by atoms with van der Waals surface area (Å²) in [5.41, 5.74) is 3.11. The van der Waals surface area contributed by atoms with Gasteiger partial charge in [-0.15, -0.1) is 11.3 Å². The Morgan fingerprint density at radius 1 is 1.53 bits per heavy atom. The number of nitrogens with one attached hydrogen (secondary N) is 2. The van der Waals surface area contributed by atoms with Crippen LogP contribution in [0.2, 0.25) is 0 Å². The Kier molecular flexibility index (Phi) is 4.57. The molecule has 2 rings (SSSR count). The molecule has 0 spiro atoms. The number of nitrogens with zero attached hydrogens (tertiary/aromatic N) is 1. The first-order valence-electron chi connectivity index (χ1n) is 5.76. The molecular weight excluding hydrogens is 206 g/mol. The van der Waals surface area contributed by atoms with E-state index in [0.717, 1.165) is 25.6 Å². The van der Waals surface area contributed by atoms with E-state index >= 15 is 0 Å².